The van der Waals surface area contributed by atoms with Crippen LogP contribution in [0.3, 0.4) is 0 Å². The van der Waals surface area contributed by atoms with Gasteiger partial charge in [0.2, 0.25) is 11.9 Å². The van der Waals surface area contributed by atoms with Crippen LogP contribution >= 0.6 is 0 Å². The SMILES string of the molecule is Cc1cc(F)nc(-c2nc(Nc3ccnc(C(F)(F)F)c3)nc(-c3cccc(C(F)(F)F)n3)n2)c1. The molecular weight excluding hydrogens is 483 g/mol. The average Bonchev–Trinajstić information content (AvgIpc) is 2.77. The molecule has 0 bridgehead atoms. The van der Waals surface area contributed by atoms with Crippen molar-refractivity contribution in [3.63, 3.8) is 0 Å². The van der Waals surface area contributed by atoms with Crippen LogP contribution in [0, 0.1) is 12.9 Å². The third-order valence-corrected chi connectivity index (χ3v) is 4.38. The second-order valence-corrected chi connectivity index (χ2v) is 7.12. The zero-order valence-corrected chi connectivity index (χ0v) is 17.4. The van der Waals surface area contributed by atoms with Gasteiger partial charge in [0.25, 0.3) is 0 Å². The lowest BCUT2D eigenvalue weighted by Crippen LogP contribution is -2.10. The summed E-state index contributed by atoms with van der Waals surface area (Å²) in [5.74, 6) is -1.80. The van der Waals surface area contributed by atoms with Crippen molar-refractivity contribution in [3.8, 4) is 23.0 Å². The van der Waals surface area contributed by atoms with Gasteiger partial charge in [-0.2, -0.15) is 40.7 Å². The van der Waals surface area contributed by atoms with Gasteiger partial charge >= 0.3 is 12.4 Å². The Morgan fingerprint density at radius 3 is 2.06 bits per heavy atom. The van der Waals surface area contributed by atoms with Gasteiger partial charge in [-0.15, -0.1) is 0 Å². The summed E-state index contributed by atoms with van der Waals surface area (Å²) in [6, 6.07) is 7.48. The van der Waals surface area contributed by atoms with Crippen LogP contribution in [0.5, 0.6) is 0 Å². The molecule has 4 heterocycles. The Balaban J connectivity index is 1.84. The van der Waals surface area contributed by atoms with Gasteiger partial charge in [-0.05, 0) is 48.9 Å². The largest absolute Gasteiger partial charge is 0.433 e. The van der Waals surface area contributed by atoms with Gasteiger partial charge in [-0.3, -0.25) is 4.98 Å². The third kappa shape index (κ3) is 5.65. The van der Waals surface area contributed by atoms with Crippen LogP contribution in [0.4, 0.5) is 42.4 Å². The first kappa shape index (κ1) is 23.9. The summed E-state index contributed by atoms with van der Waals surface area (Å²) in [4.78, 5) is 22.6. The maximum absolute atomic E-state index is 13.9. The summed E-state index contributed by atoms with van der Waals surface area (Å²) in [6.07, 6.45) is -8.57. The van der Waals surface area contributed by atoms with Crippen LogP contribution in [0.25, 0.3) is 23.0 Å². The molecule has 1 N–H and O–H groups in total. The molecule has 0 unspecified atom stereocenters. The number of rotatable bonds is 4. The molecule has 4 rings (SSSR count). The molecule has 0 saturated heterocycles. The topological polar surface area (TPSA) is 89.4 Å². The summed E-state index contributed by atoms with van der Waals surface area (Å²) in [6.45, 7) is 1.57. The van der Waals surface area contributed by atoms with Crippen LogP contribution in [-0.4, -0.2) is 29.9 Å². The van der Waals surface area contributed by atoms with Crippen molar-refractivity contribution in [2.45, 2.75) is 19.3 Å². The second kappa shape index (κ2) is 8.85. The molecule has 35 heavy (non-hydrogen) atoms. The average molecular weight is 495 g/mol. The molecule has 0 spiro atoms. The summed E-state index contributed by atoms with van der Waals surface area (Å²) in [5, 5.41) is 2.54. The normalized spacial score (nSPS) is 12.0. The van der Waals surface area contributed by atoms with Crippen LogP contribution < -0.4 is 5.32 Å². The lowest BCUT2D eigenvalue weighted by atomic mass is 10.2. The van der Waals surface area contributed by atoms with Crippen molar-refractivity contribution in [1.29, 1.82) is 0 Å². The van der Waals surface area contributed by atoms with E-state index in [2.05, 4.69) is 35.2 Å². The molecule has 4 aromatic heterocycles. The number of hydrogen-bond donors (Lipinski definition) is 1. The first-order valence-corrected chi connectivity index (χ1v) is 9.64. The molecule has 0 fully saturated rings. The van der Waals surface area contributed by atoms with Crippen LogP contribution in [0.1, 0.15) is 17.0 Å². The molecule has 4 aromatic rings. The Labute approximate surface area is 192 Å². The van der Waals surface area contributed by atoms with E-state index in [0.29, 0.717) is 11.6 Å². The van der Waals surface area contributed by atoms with Crippen molar-refractivity contribution in [3.05, 3.63) is 71.6 Å². The summed E-state index contributed by atoms with van der Waals surface area (Å²) in [7, 11) is 0. The van der Waals surface area contributed by atoms with E-state index < -0.39 is 29.7 Å². The van der Waals surface area contributed by atoms with E-state index in [-0.39, 0.29) is 34.7 Å². The van der Waals surface area contributed by atoms with Crippen molar-refractivity contribution in [2.24, 2.45) is 0 Å². The van der Waals surface area contributed by atoms with E-state index in [4.69, 9.17) is 0 Å². The third-order valence-electron chi connectivity index (χ3n) is 4.38. The zero-order chi connectivity index (χ0) is 25.4. The molecule has 0 aliphatic carbocycles. The van der Waals surface area contributed by atoms with Crippen molar-refractivity contribution in [1.82, 2.24) is 29.9 Å². The Morgan fingerprint density at radius 1 is 0.714 bits per heavy atom. The fourth-order valence-electron chi connectivity index (χ4n) is 2.91. The first-order chi connectivity index (χ1) is 16.4. The number of aromatic nitrogens is 6. The quantitative estimate of drug-likeness (QED) is 0.290. The highest BCUT2D eigenvalue weighted by Gasteiger charge is 2.33. The molecule has 0 aliphatic heterocycles. The van der Waals surface area contributed by atoms with Crippen molar-refractivity contribution < 1.29 is 30.7 Å². The van der Waals surface area contributed by atoms with E-state index >= 15 is 0 Å². The van der Waals surface area contributed by atoms with Crippen LogP contribution in [0.15, 0.2) is 48.7 Å². The number of anilines is 2. The molecule has 0 aliphatic rings. The van der Waals surface area contributed by atoms with Crippen molar-refractivity contribution >= 4 is 11.6 Å². The first-order valence-electron chi connectivity index (χ1n) is 9.64. The molecule has 14 heteroatoms. The highest BCUT2D eigenvalue weighted by molar-refractivity contribution is 5.62. The molecule has 0 atom stereocenters. The predicted molar refractivity (Wildman–Crippen MR) is 109 cm³/mol. The molecule has 0 aromatic carbocycles. The van der Waals surface area contributed by atoms with Gasteiger partial charge in [0, 0.05) is 11.9 Å². The maximum Gasteiger partial charge on any atom is 0.433 e. The molecule has 0 saturated carbocycles. The minimum absolute atomic E-state index is 0.0770. The number of halogens is 7. The van der Waals surface area contributed by atoms with E-state index in [1.54, 1.807) is 6.92 Å². The van der Waals surface area contributed by atoms with Crippen molar-refractivity contribution in [2.75, 3.05) is 5.32 Å². The Bertz CT molecular complexity index is 1370. The van der Waals surface area contributed by atoms with Gasteiger partial charge in [-0.1, -0.05) is 6.07 Å². The number of nitrogens with one attached hydrogen (secondary N) is 1. The minimum Gasteiger partial charge on any atom is -0.324 e. The summed E-state index contributed by atoms with van der Waals surface area (Å²) >= 11 is 0. The monoisotopic (exact) mass is 495 g/mol. The van der Waals surface area contributed by atoms with Gasteiger partial charge < -0.3 is 5.32 Å². The Hall–Kier alpha value is -4.23. The molecule has 7 nitrogen and oxygen atoms in total. The Kier molecular flexibility index (Phi) is 6.05. The fourth-order valence-corrected chi connectivity index (χ4v) is 2.91. The molecule has 0 amide bonds. The lowest BCUT2D eigenvalue weighted by molar-refractivity contribution is -0.141. The molecule has 180 valence electrons. The standard InChI is InChI=1S/C21H12F7N7/c1-10-7-13(32-16(22)8-10)18-33-17(12-3-2-4-14(31-12)20(23,24)25)34-19(35-18)30-11-5-6-29-15(9-11)21(26,27)28/h2-9H,1H3,(H,29,30,33,34,35). The van der Waals surface area contributed by atoms with E-state index in [1.807, 2.05) is 0 Å². The zero-order valence-electron chi connectivity index (χ0n) is 17.4. The maximum atomic E-state index is 13.9. The van der Waals surface area contributed by atoms with E-state index in [1.165, 1.54) is 18.2 Å². The fraction of sp³-hybridized carbons (Fsp3) is 0.143. The van der Waals surface area contributed by atoms with E-state index in [9.17, 15) is 30.7 Å². The van der Waals surface area contributed by atoms with Crippen LogP contribution in [0.2, 0.25) is 0 Å². The number of pyridine rings is 3. The van der Waals surface area contributed by atoms with Gasteiger partial charge in [0.1, 0.15) is 22.8 Å². The van der Waals surface area contributed by atoms with E-state index in [0.717, 1.165) is 24.4 Å². The smallest absolute Gasteiger partial charge is 0.324 e. The van der Waals surface area contributed by atoms with Gasteiger partial charge in [-0.25, -0.2) is 15.0 Å². The van der Waals surface area contributed by atoms with Gasteiger partial charge in [0.15, 0.2) is 11.6 Å². The molecular formula is C21H12F7N7. The van der Waals surface area contributed by atoms with Gasteiger partial charge in [0.05, 0.1) is 0 Å². The lowest BCUT2D eigenvalue weighted by Gasteiger charge is -2.12. The summed E-state index contributed by atoms with van der Waals surface area (Å²) in [5.41, 5.74) is -2.45. The summed E-state index contributed by atoms with van der Waals surface area (Å²) < 4.78 is 92.3. The number of alkyl halides is 6. The second-order valence-electron chi connectivity index (χ2n) is 7.12. The number of aryl methyl sites for hydroxylation is 1. The highest BCUT2D eigenvalue weighted by Crippen LogP contribution is 2.31. The van der Waals surface area contributed by atoms with Crippen LogP contribution in [-0.2, 0) is 12.4 Å². The number of nitrogens with zero attached hydrogens (tertiary/aromatic N) is 6. The number of hydrogen-bond acceptors (Lipinski definition) is 7. The highest BCUT2D eigenvalue weighted by atomic mass is 19.4. The molecule has 0 radical (unpaired) electrons. The minimum atomic E-state index is -4.75. The Morgan fingerprint density at radius 2 is 1.40 bits per heavy atom. The predicted octanol–water partition coefficient (Wildman–Crippen LogP) is 5.62.